The van der Waals surface area contributed by atoms with Gasteiger partial charge >= 0.3 is 0 Å². The second-order valence-corrected chi connectivity index (χ2v) is 9.05. The summed E-state index contributed by atoms with van der Waals surface area (Å²) in [5, 5.41) is 3.01. The van der Waals surface area contributed by atoms with E-state index in [-0.39, 0.29) is 23.1 Å². The molecule has 0 atom stereocenters. The number of hydrogen-bond donors (Lipinski definition) is 2. The number of rotatable bonds is 7. The summed E-state index contributed by atoms with van der Waals surface area (Å²) in [6.07, 6.45) is 4.16. The van der Waals surface area contributed by atoms with Crippen LogP contribution in [0.25, 0.3) is 0 Å². The quantitative estimate of drug-likeness (QED) is 0.792. The van der Waals surface area contributed by atoms with Crippen molar-refractivity contribution in [1.82, 2.24) is 10.0 Å². The first-order chi connectivity index (χ1) is 11.2. The summed E-state index contributed by atoms with van der Waals surface area (Å²) in [6.45, 7) is 6.11. The number of sulfonamides is 1. The average molecular weight is 353 g/mol. The highest BCUT2D eigenvalue weighted by Gasteiger charge is 2.35. The van der Waals surface area contributed by atoms with E-state index in [9.17, 15) is 13.2 Å². The van der Waals surface area contributed by atoms with Crippen LogP contribution in [0.1, 0.15) is 57.6 Å². The molecule has 0 heterocycles. The molecule has 5 nitrogen and oxygen atoms in total. The standard InChI is InChI=1S/C18H28N2O3S/c1-14(2)20-24(22,23)13-16-8-6-15(7-9-16)12-19-17(21)18(3)10-4-5-11-18/h6-9,14,20H,4-5,10-13H2,1-3H3,(H,19,21). The van der Waals surface area contributed by atoms with Gasteiger partial charge in [0.25, 0.3) is 0 Å². The van der Waals surface area contributed by atoms with Gasteiger partial charge in [0.05, 0.1) is 5.75 Å². The molecule has 0 saturated heterocycles. The summed E-state index contributed by atoms with van der Waals surface area (Å²) in [4.78, 5) is 12.3. The van der Waals surface area contributed by atoms with Gasteiger partial charge in [0.15, 0.2) is 0 Å². The molecule has 6 heteroatoms. The lowest BCUT2D eigenvalue weighted by molar-refractivity contribution is -0.130. The van der Waals surface area contributed by atoms with E-state index in [2.05, 4.69) is 10.0 Å². The van der Waals surface area contributed by atoms with Gasteiger partial charge in [-0.25, -0.2) is 13.1 Å². The van der Waals surface area contributed by atoms with Gasteiger partial charge in [0, 0.05) is 18.0 Å². The van der Waals surface area contributed by atoms with Gasteiger partial charge in [-0.1, -0.05) is 44.0 Å². The first-order valence-corrected chi connectivity index (χ1v) is 10.2. The summed E-state index contributed by atoms with van der Waals surface area (Å²) in [5.74, 6) is 0.0865. The van der Waals surface area contributed by atoms with Crippen molar-refractivity contribution >= 4 is 15.9 Å². The normalized spacial score (nSPS) is 17.2. The number of benzene rings is 1. The molecule has 1 aliphatic carbocycles. The van der Waals surface area contributed by atoms with Gasteiger partial charge in [-0.3, -0.25) is 4.79 Å². The minimum Gasteiger partial charge on any atom is -0.352 e. The third-order valence-corrected chi connectivity index (χ3v) is 6.05. The average Bonchev–Trinajstić information content (AvgIpc) is 2.92. The van der Waals surface area contributed by atoms with Gasteiger partial charge in [0.2, 0.25) is 15.9 Å². The molecule has 0 aromatic heterocycles. The first-order valence-electron chi connectivity index (χ1n) is 8.56. The molecule has 24 heavy (non-hydrogen) atoms. The summed E-state index contributed by atoms with van der Waals surface area (Å²) < 4.78 is 26.4. The molecule has 0 bridgehead atoms. The highest BCUT2D eigenvalue weighted by molar-refractivity contribution is 7.88. The molecule has 0 aliphatic heterocycles. The van der Waals surface area contributed by atoms with Crippen molar-refractivity contribution in [2.75, 3.05) is 0 Å². The Kier molecular flexibility index (Phi) is 6.04. The molecule has 2 rings (SSSR count). The van der Waals surface area contributed by atoms with Crippen molar-refractivity contribution in [3.8, 4) is 0 Å². The molecular weight excluding hydrogens is 324 g/mol. The Morgan fingerprint density at radius 2 is 1.67 bits per heavy atom. The van der Waals surface area contributed by atoms with E-state index in [0.717, 1.165) is 36.8 Å². The molecule has 0 unspecified atom stereocenters. The monoisotopic (exact) mass is 352 g/mol. The highest BCUT2D eigenvalue weighted by Crippen LogP contribution is 2.37. The maximum absolute atomic E-state index is 12.3. The van der Waals surface area contributed by atoms with Gasteiger partial charge in [-0.05, 0) is 37.8 Å². The van der Waals surface area contributed by atoms with E-state index in [1.807, 2.05) is 19.1 Å². The van der Waals surface area contributed by atoms with Crippen LogP contribution in [0.15, 0.2) is 24.3 Å². The molecule has 0 spiro atoms. The van der Waals surface area contributed by atoms with Crippen LogP contribution in [0.3, 0.4) is 0 Å². The van der Waals surface area contributed by atoms with Crippen molar-refractivity contribution in [3.05, 3.63) is 35.4 Å². The van der Waals surface area contributed by atoms with E-state index >= 15 is 0 Å². The summed E-state index contributed by atoms with van der Waals surface area (Å²) in [7, 11) is -3.31. The fourth-order valence-electron chi connectivity index (χ4n) is 3.15. The fourth-order valence-corrected chi connectivity index (χ4v) is 4.58. The summed E-state index contributed by atoms with van der Waals surface area (Å²) in [6, 6.07) is 7.24. The lowest BCUT2D eigenvalue weighted by Gasteiger charge is -2.22. The Hall–Kier alpha value is -1.40. The van der Waals surface area contributed by atoms with Gasteiger partial charge in [-0.15, -0.1) is 0 Å². The lowest BCUT2D eigenvalue weighted by atomic mass is 9.88. The Morgan fingerprint density at radius 1 is 1.12 bits per heavy atom. The van der Waals surface area contributed by atoms with Crippen LogP contribution < -0.4 is 10.0 Å². The maximum Gasteiger partial charge on any atom is 0.226 e. The fraction of sp³-hybridized carbons (Fsp3) is 0.611. The minimum absolute atomic E-state index is 0.0319. The molecule has 134 valence electrons. The number of amides is 1. The van der Waals surface area contributed by atoms with Crippen LogP contribution in [-0.2, 0) is 27.1 Å². The molecule has 2 N–H and O–H groups in total. The molecule has 1 saturated carbocycles. The number of carbonyl (C=O) groups excluding carboxylic acids is 1. The number of carbonyl (C=O) groups is 1. The zero-order chi connectivity index (χ0) is 17.8. The maximum atomic E-state index is 12.3. The SMILES string of the molecule is CC(C)NS(=O)(=O)Cc1ccc(CNC(=O)C2(C)CCCC2)cc1. The Bertz CT molecular complexity index is 660. The zero-order valence-corrected chi connectivity index (χ0v) is 15.6. The van der Waals surface area contributed by atoms with E-state index in [1.165, 1.54) is 0 Å². The second kappa shape index (κ2) is 7.66. The van der Waals surface area contributed by atoms with E-state index in [1.54, 1.807) is 26.0 Å². The predicted octanol–water partition coefficient (Wildman–Crippen LogP) is 2.71. The zero-order valence-electron chi connectivity index (χ0n) is 14.8. The summed E-state index contributed by atoms with van der Waals surface area (Å²) in [5.41, 5.74) is 1.49. The largest absolute Gasteiger partial charge is 0.352 e. The molecule has 1 aromatic rings. The van der Waals surface area contributed by atoms with Crippen molar-refractivity contribution < 1.29 is 13.2 Å². The molecule has 0 radical (unpaired) electrons. The minimum atomic E-state index is -3.31. The smallest absolute Gasteiger partial charge is 0.226 e. The first kappa shape index (κ1) is 18.9. The van der Waals surface area contributed by atoms with Gasteiger partial charge in [-0.2, -0.15) is 0 Å². The van der Waals surface area contributed by atoms with Crippen LogP contribution in [0.2, 0.25) is 0 Å². The molecular formula is C18H28N2O3S. The highest BCUT2D eigenvalue weighted by atomic mass is 32.2. The van der Waals surface area contributed by atoms with Crippen LogP contribution in [-0.4, -0.2) is 20.4 Å². The van der Waals surface area contributed by atoms with Crippen LogP contribution >= 0.6 is 0 Å². The van der Waals surface area contributed by atoms with E-state index in [4.69, 9.17) is 0 Å². The lowest BCUT2D eigenvalue weighted by Crippen LogP contribution is -2.36. The van der Waals surface area contributed by atoms with Crippen molar-refractivity contribution in [3.63, 3.8) is 0 Å². The Morgan fingerprint density at radius 3 is 2.21 bits per heavy atom. The summed E-state index contributed by atoms with van der Waals surface area (Å²) >= 11 is 0. The van der Waals surface area contributed by atoms with Gasteiger partial charge in [0.1, 0.15) is 0 Å². The molecule has 1 aliphatic rings. The van der Waals surface area contributed by atoms with Crippen molar-refractivity contribution in [1.29, 1.82) is 0 Å². The Balaban J connectivity index is 1.89. The van der Waals surface area contributed by atoms with E-state index < -0.39 is 10.0 Å². The number of nitrogens with one attached hydrogen (secondary N) is 2. The van der Waals surface area contributed by atoms with Gasteiger partial charge < -0.3 is 5.32 Å². The van der Waals surface area contributed by atoms with E-state index in [0.29, 0.717) is 6.54 Å². The Labute approximate surface area is 145 Å². The van der Waals surface area contributed by atoms with Crippen LogP contribution in [0.4, 0.5) is 0 Å². The topological polar surface area (TPSA) is 75.3 Å². The van der Waals surface area contributed by atoms with Crippen molar-refractivity contribution in [2.45, 2.75) is 64.8 Å². The molecule has 1 fully saturated rings. The van der Waals surface area contributed by atoms with Crippen molar-refractivity contribution in [2.24, 2.45) is 5.41 Å². The third-order valence-electron chi connectivity index (χ3n) is 4.50. The molecule has 1 amide bonds. The van der Waals surface area contributed by atoms with Crippen LogP contribution in [0, 0.1) is 5.41 Å². The third kappa shape index (κ3) is 5.31. The number of hydrogen-bond acceptors (Lipinski definition) is 3. The molecule has 1 aromatic carbocycles. The second-order valence-electron chi connectivity index (χ2n) is 7.30. The van der Waals surface area contributed by atoms with Crippen LogP contribution in [0.5, 0.6) is 0 Å². The predicted molar refractivity (Wildman–Crippen MR) is 95.8 cm³/mol.